The molecule has 0 saturated heterocycles. The van der Waals surface area contributed by atoms with Gasteiger partial charge in [-0.3, -0.25) is 4.79 Å². The minimum atomic E-state index is -0.351. The van der Waals surface area contributed by atoms with E-state index in [1.807, 2.05) is 17.5 Å². The van der Waals surface area contributed by atoms with Crippen LogP contribution in [0.1, 0.15) is 16.9 Å². The number of amides is 1. The molecule has 8 heteroatoms. The van der Waals surface area contributed by atoms with E-state index in [2.05, 4.69) is 15.5 Å². The molecule has 0 spiro atoms. The Morgan fingerprint density at radius 3 is 3.00 bits per heavy atom. The lowest BCUT2D eigenvalue weighted by Gasteiger charge is -2.28. The van der Waals surface area contributed by atoms with Crippen LogP contribution in [0.2, 0.25) is 0 Å². The Morgan fingerprint density at radius 1 is 1.37 bits per heavy atom. The summed E-state index contributed by atoms with van der Waals surface area (Å²) in [5.41, 5.74) is 1.81. The summed E-state index contributed by atoms with van der Waals surface area (Å²) >= 11 is 1.57. The zero-order valence-corrected chi connectivity index (χ0v) is 17.1. The molecule has 2 aromatic heterocycles. The van der Waals surface area contributed by atoms with Crippen molar-refractivity contribution in [2.45, 2.75) is 18.9 Å². The number of ether oxygens (including phenoxy) is 2. The first-order chi connectivity index (χ1) is 14.6. The zero-order valence-electron chi connectivity index (χ0n) is 16.3. The molecule has 1 atom stereocenters. The van der Waals surface area contributed by atoms with Crippen LogP contribution < -0.4 is 14.8 Å². The summed E-state index contributed by atoms with van der Waals surface area (Å²) in [6.07, 6.45) is 4.40. The van der Waals surface area contributed by atoms with Crippen molar-refractivity contribution in [1.29, 1.82) is 0 Å². The minimum Gasteiger partial charge on any atom is -0.488 e. The van der Waals surface area contributed by atoms with Gasteiger partial charge in [-0.15, -0.1) is 21.5 Å². The molecular weight excluding hydrogens is 405 g/mol. The highest BCUT2D eigenvalue weighted by atomic mass is 32.1. The van der Waals surface area contributed by atoms with Gasteiger partial charge in [0.05, 0.1) is 19.3 Å². The number of hydrogen-bond acceptors (Lipinski definition) is 6. The molecule has 30 heavy (non-hydrogen) atoms. The average Bonchev–Trinajstić information content (AvgIpc) is 3.29. The van der Waals surface area contributed by atoms with Crippen molar-refractivity contribution in [3.05, 3.63) is 64.1 Å². The van der Waals surface area contributed by atoms with Gasteiger partial charge >= 0.3 is 0 Å². The van der Waals surface area contributed by atoms with E-state index < -0.39 is 0 Å². The van der Waals surface area contributed by atoms with Crippen LogP contribution in [0.4, 0.5) is 4.39 Å². The molecule has 3 heterocycles. The van der Waals surface area contributed by atoms with Gasteiger partial charge in [-0.1, -0.05) is 6.07 Å². The van der Waals surface area contributed by atoms with Gasteiger partial charge < -0.3 is 14.8 Å². The lowest BCUT2D eigenvalue weighted by molar-refractivity contribution is -0.116. The van der Waals surface area contributed by atoms with Crippen molar-refractivity contribution in [2.75, 3.05) is 13.7 Å². The molecule has 0 saturated carbocycles. The van der Waals surface area contributed by atoms with Gasteiger partial charge in [0, 0.05) is 22.6 Å². The summed E-state index contributed by atoms with van der Waals surface area (Å²) < 4.78 is 25.3. The zero-order chi connectivity index (χ0) is 20.9. The molecule has 0 radical (unpaired) electrons. The first-order valence-corrected chi connectivity index (χ1v) is 10.4. The number of aromatic nitrogens is 2. The molecule has 1 aliphatic heterocycles. The van der Waals surface area contributed by atoms with Crippen LogP contribution in [-0.4, -0.2) is 35.9 Å². The van der Waals surface area contributed by atoms with Crippen molar-refractivity contribution in [2.24, 2.45) is 0 Å². The van der Waals surface area contributed by atoms with E-state index in [1.165, 1.54) is 25.3 Å². The number of rotatable bonds is 6. The summed E-state index contributed by atoms with van der Waals surface area (Å²) in [4.78, 5) is 13.1. The number of carbonyl (C=O) groups excluding carboxylic acids is 1. The second-order valence-corrected chi connectivity index (χ2v) is 7.75. The fraction of sp³-hybridized carbons (Fsp3) is 0.227. The number of thiophene rings is 1. The summed E-state index contributed by atoms with van der Waals surface area (Å²) in [7, 11) is 1.51. The molecule has 0 aliphatic carbocycles. The van der Waals surface area contributed by atoms with E-state index in [9.17, 15) is 9.18 Å². The molecule has 3 aromatic rings. The Hall–Kier alpha value is -3.26. The second kappa shape index (κ2) is 9.04. The molecule has 1 amide bonds. The second-order valence-electron chi connectivity index (χ2n) is 6.77. The van der Waals surface area contributed by atoms with Crippen LogP contribution in [0.5, 0.6) is 11.6 Å². The molecule has 6 nitrogen and oxygen atoms in total. The third kappa shape index (κ3) is 4.65. The maximum atomic E-state index is 14.1. The van der Waals surface area contributed by atoms with Gasteiger partial charge in [-0.25, -0.2) is 4.39 Å². The molecular formula is C22H20FN3O3S. The molecule has 1 N–H and O–H groups in total. The number of nitrogens with zero attached hydrogens (tertiary/aromatic N) is 2. The smallest absolute Gasteiger partial charge is 0.244 e. The summed E-state index contributed by atoms with van der Waals surface area (Å²) in [5.74, 6) is 0.421. The van der Waals surface area contributed by atoms with E-state index in [4.69, 9.17) is 9.47 Å². The van der Waals surface area contributed by atoms with Crippen LogP contribution in [0.15, 0.2) is 47.9 Å². The van der Waals surface area contributed by atoms with E-state index in [0.717, 1.165) is 10.4 Å². The molecule has 154 valence electrons. The van der Waals surface area contributed by atoms with Crippen molar-refractivity contribution in [3.63, 3.8) is 0 Å². The summed E-state index contributed by atoms with van der Waals surface area (Å²) in [6.45, 7) is 0.359. The largest absolute Gasteiger partial charge is 0.488 e. The number of fused-ring (bicyclic) bond motifs is 1. The average molecular weight is 425 g/mol. The molecule has 0 bridgehead atoms. The van der Waals surface area contributed by atoms with E-state index in [0.29, 0.717) is 42.3 Å². The van der Waals surface area contributed by atoms with Crippen molar-refractivity contribution < 1.29 is 18.7 Å². The van der Waals surface area contributed by atoms with Crippen molar-refractivity contribution in [1.82, 2.24) is 15.5 Å². The first-order valence-electron chi connectivity index (χ1n) is 9.49. The lowest BCUT2D eigenvalue weighted by Crippen LogP contribution is -2.36. The monoisotopic (exact) mass is 425 g/mol. The van der Waals surface area contributed by atoms with Crippen LogP contribution in [0.3, 0.4) is 0 Å². The molecule has 1 unspecified atom stereocenters. The third-order valence-electron chi connectivity index (χ3n) is 4.72. The Morgan fingerprint density at radius 2 is 2.27 bits per heavy atom. The van der Waals surface area contributed by atoms with Crippen LogP contribution in [0.25, 0.3) is 17.3 Å². The van der Waals surface area contributed by atoms with Crippen molar-refractivity contribution >= 4 is 23.3 Å². The van der Waals surface area contributed by atoms with E-state index >= 15 is 0 Å². The van der Waals surface area contributed by atoms with E-state index in [1.54, 1.807) is 29.5 Å². The van der Waals surface area contributed by atoms with Crippen LogP contribution in [0, 0.1) is 5.82 Å². The van der Waals surface area contributed by atoms with Gasteiger partial charge in [0.1, 0.15) is 17.7 Å². The fourth-order valence-electron chi connectivity index (χ4n) is 3.24. The summed E-state index contributed by atoms with van der Waals surface area (Å²) in [5, 5.41) is 12.9. The number of aryl methyl sites for hydroxylation is 1. The first kappa shape index (κ1) is 20.0. The van der Waals surface area contributed by atoms with Crippen LogP contribution in [-0.2, 0) is 11.2 Å². The maximum Gasteiger partial charge on any atom is 0.244 e. The van der Waals surface area contributed by atoms with Gasteiger partial charge in [0.2, 0.25) is 11.8 Å². The number of carbonyl (C=O) groups is 1. The lowest BCUT2D eigenvalue weighted by atomic mass is 9.97. The maximum absolute atomic E-state index is 14.1. The Balaban J connectivity index is 1.46. The van der Waals surface area contributed by atoms with Gasteiger partial charge in [-0.05, 0) is 54.1 Å². The Bertz CT molecular complexity index is 1050. The number of halogens is 1. The normalized spacial score (nSPS) is 15.5. The quantitative estimate of drug-likeness (QED) is 0.607. The Labute approximate surface area is 177 Å². The topological polar surface area (TPSA) is 73.3 Å². The predicted octanol–water partition coefficient (Wildman–Crippen LogP) is 3.88. The fourth-order valence-corrected chi connectivity index (χ4v) is 3.86. The highest BCUT2D eigenvalue weighted by Gasteiger charge is 2.25. The highest BCUT2D eigenvalue weighted by Crippen LogP contribution is 2.38. The number of nitrogens with one attached hydrogen (secondary N) is 1. The van der Waals surface area contributed by atoms with Crippen LogP contribution >= 0.6 is 11.3 Å². The standard InChI is InChI=1S/C22H20FN3O3S/c1-28-21-9-7-19(25-26-21)18-12-15(23)11-14-4-5-16(29-22(14)18)13-24-20(27)8-6-17-3-2-10-30-17/h2-3,6-12,16H,4-5,13H2,1H3,(H,24,27)/b8-6+. The molecule has 1 aliphatic rings. The SMILES string of the molecule is COc1ccc(-c2cc(F)cc3c2OC(CNC(=O)/C=C/c2cccs2)CC3)nn1. The van der Waals surface area contributed by atoms with Gasteiger partial charge in [-0.2, -0.15) is 0 Å². The molecule has 1 aromatic carbocycles. The number of hydrogen-bond donors (Lipinski definition) is 1. The predicted molar refractivity (Wildman–Crippen MR) is 113 cm³/mol. The molecule has 4 rings (SSSR count). The number of benzene rings is 1. The molecule has 0 fully saturated rings. The van der Waals surface area contributed by atoms with Crippen molar-refractivity contribution in [3.8, 4) is 22.9 Å². The van der Waals surface area contributed by atoms with Gasteiger partial charge in [0.25, 0.3) is 0 Å². The Kier molecular flexibility index (Phi) is 6.04. The minimum absolute atomic E-state index is 0.182. The highest BCUT2D eigenvalue weighted by molar-refractivity contribution is 7.10. The summed E-state index contributed by atoms with van der Waals surface area (Å²) in [6, 6.07) is 10.1. The third-order valence-corrected chi connectivity index (χ3v) is 5.56. The van der Waals surface area contributed by atoms with Gasteiger partial charge in [0.15, 0.2) is 0 Å². The van der Waals surface area contributed by atoms with E-state index in [-0.39, 0.29) is 17.8 Å². The number of methoxy groups -OCH3 is 1.